The van der Waals surface area contributed by atoms with E-state index in [2.05, 4.69) is 15.6 Å². The summed E-state index contributed by atoms with van der Waals surface area (Å²) in [6.45, 7) is 6.66. The third-order valence-corrected chi connectivity index (χ3v) is 5.59. The Kier molecular flexibility index (Phi) is 7.74. The largest absolute Gasteiger partial charge is 0.444 e. The van der Waals surface area contributed by atoms with Crippen LogP contribution < -0.4 is 10.6 Å². The van der Waals surface area contributed by atoms with Crippen LogP contribution in [0.5, 0.6) is 0 Å². The molecule has 0 fully saturated rings. The first-order chi connectivity index (χ1) is 15.2. The van der Waals surface area contributed by atoms with Crippen LogP contribution in [0.1, 0.15) is 43.1 Å². The summed E-state index contributed by atoms with van der Waals surface area (Å²) in [5, 5.41) is 5.66. The van der Waals surface area contributed by atoms with E-state index in [9.17, 15) is 14.4 Å². The second-order valence-electron chi connectivity index (χ2n) is 8.42. The van der Waals surface area contributed by atoms with E-state index < -0.39 is 11.7 Å². The topological polar surface area (TPSA) is 101 Å². The number of amides is 3. The summed E-state index contributed by atoms with van der Waals surface area (Å²) in [4.78, 5) is 43.4. The first-order valence-electron chi connectivity index (χ1n) is 10.4. The van der Waals surface area contributed by atoms with Crippen LogP contribution in [0.4, 0.5) is 10.5 Å². The minimum absolute atomic E-state index is 0.0732. The number of carbonyl (C=O) groups is 3. The summed E-state index contributed by atoms with van der Waals surface area (Å²) in [5.41, 5.74) is 1.44. The summed E-state index contributed by atoms with van der Waals surface area (Å²) in [5.74, 6) is 0.0794. The van der Waals surface area contributed by atoms with Crippen LogP contribution in [0, 0.1) is 0 Å². The second kappa shape index (κ2) is 10.5. The number of aromatic nitrogens is 1. The summed E-state index contributed by atoms with van der Waals surface area (Å²) < 4.78 is 5.52. The molecule has 170 valence electrons. The predicted octanol–water partition coefficient (Wildman–Crippen LogP) is 3.68. The highest BCUT2D eigenvalue weighted by molar-refractivity contribution is 8.00. The van der Waals surface area contributed by atoms with Crippen LogP contribution in [0.3, 0.4) is 0 Å². The van der Waals surface area contributed by atoms with E-state index in [1.54, 1.807) is 29.4 Å². The fraction of sp³-hybridized carbons (Fsp3) is 0.391. The van der Waals surface area contributed by atoms with Crippen molar-refractivity contribution in [1.82, 2.24) is 15.2 Å². The molecule has 0 spiro atoms. The van der Waals surface area contributed by atoms with Gasteiger partial charge in [0, 0.05) is 35.9 Å². The number of nitrogens with one attached hydrogen (secondary N) is 2. The maximum absolute atomic E-state index is 12.6. The number of pyridine rings is 1. The molecule has 3 rings (SSSR count). The van der Waals surface area contributed by atoms with Crippen molar-refractivity contribution in [2.75, 3.05) is 24.2 Å². The molecule has 2 N–H and O–H groups in total. The zero-order valence-electron chi connectivity index (χ0n) is 18.5. The van der Waals surface area contributed by atoms with E-state index in [4.69, 9.17) is 4.74 Å². The maximum Gasteiger partial charge on any atom is 0.410 e. The van der Waals surface area contributed by atoms with Crippen molar-refractivity contribution in [1.29, 1.82) is 0 Å². The quantitative estimate of drug-likeness (QED) is 0.617. The van der Waals surface area contributed by atoms with Crippen LogP contribution in [-0.2, 0) is 16.1 Å². The van der Waals surface area contributed by atoms with Crippen molar-refractivity contribution in [3.05, 3.63) is 53.9 Å². The van der Waals surface area contributed by atoms with Crippen molar-refractivity contribution in [2.45, 2.75) is 44.2 Å². The Hall–Kier alpha value is -3.07. The number of fused-ring (bicyclic) bond motifs is 1. The van der Waals surface area contributed by atoms with Gasteiger partial charge in [0.2, 0.25) is 5.91 Å². The average molecular weight is 457 g/mol. The van der Waals surface area contributed by atoms with E-state index in [1.807, 2.05) is 39.0 Å². The van der Waals surface area contributed by atoms with Gasteiger partial charge >= 0.3 is 6.09 Å². The number of nitrogens with zero attached hydrogens (tertiary/aromatic N) is 2. The number of carbonyl (C=O) groups excluding carboxylic acids is 3. The zero-order chi connectivity index (χ0) is 23.1. The lowest BCUT2D eigenvalue weighted by atomic mass is 10.1. The van der Waals surface area contributed by atoms with E-state index in [-0.39, 0.29) is 11.8 Å². The Labute approximate surface area is 192 Å². The van der Waals surface area contributed by atoms with Crippen LogP contribution in [0.2, 0.25) is 0 Å². The Bertz CT molecular complexity index is 976. The van der Waals surface area contributed by atoms with Crippen molar-refractivity contribution in [3.63, 3.8) is 0 Å². The predicted molar refractivity (Wildman–Crippen MR) is 124 cm³/mol. The number of hydrogen-bond acceptors (Lipinski definition) is 6. The molecule has 9 heteroatoms. The molecule has 32 heavy (non-hydrogen) atoms. The second-order valence-corrected chi connectivity index (χ2v) is 9.44. The third-order valence-electron chi connectivity index (χ3n) is 4.51. The van der Waals surface area contributed by atoms with Gasteiger partial charge in [0.05, 0.1) is 18.0 Å². The van der Waals surface area contributed by atoms with E-state index in [0.717, 1.165) is 10.5 Å². The smallest absolute Gasteiger partial charge is 0.410 e. The maximum atomic E-state index is 12.6. The molecule has 1 aromatic heterocycles. The summed E-state index contributed by atoms with van der Waals surface area (Å²) in [6, 6.07) is 8.99. The van der Waals surface area contributed by atoms with Gasteiger partial charge < -0.3 is 20.3 Å². The highest BCUT2D eigenvalue weighted by Gasteiger charge is 2.22. The van der Waals surface area contributed by atoms with Crippen molar-refractivity contribution < 1.29 is 19.1 Å². The molecular formula is C23H28N4O4S. The lowest BCUT2D eigenvalue weighted by molar-refractivity contribution is -0.113. The van der Waals surface area contributed by atoms with Gasteiger partial charge in [0.1, 0.15) is 5.60 Å². The molecule has 2 aromatic rings. The fourth-order valence-corrected chi connectivity index (χ4v) is 3.86. The van der Waals surface area contributed by atoms with E-state index in [1.165, 1.54) is 11.8 Å². The number of anilines is 1. The van der Waals surface area contributed by atoms with E-state index >= 15 is 0 Å². The number of hydrogen-bond donors (Lipinski definition) is 2. The lowest BCUT2D eigenvalue weighted by Gasteiger charge is -2.27. The molecule has 1 aromatic carbocycles. The SMILES string of the molecule is CC(C)(C)OC(=O)N(CCCNC(=O)c1ccc2c(c1)NC(=O)CS2)Cc1cccnc1. The number of benzene rings is 1. The van der Waals surface area contributed by atoms with Gasteiger partial charge in [-0.05, 0) is 57.0 Å². The molecule has 8 nitrogen and oxygen atoms in total. The van der Waals surface area contributed by atoms with Gasteiger partial charge in [0.15, 0.2) is 0 Å². The van der Waals surface area contributed by atoms with Crippen LogP contribution in [0.15, 0.2) is 47.6 Å². The van der Waals surface area contributed by atoms with Crippen molar-refractivity contribution in [3.8, 4) is 0 Å². The summed E-state index contributed by atoms with van der Waals surface area (Å²) in [6.07, 6.45) is 3.55. The summed E-state index contributed by atoms with van der Waals surface area (Å²) >= 11 is 1.45. The average Bonchev–Trinajstić information content (AvgIpc) is 2.74. The monoisotopic (exact) mass is 456 g/mol. The Morgan fingerprint density at radius 2 is 2.09 bits per heavy atom. The molecule has 3 amide bonds. The third kappa shape index (κ3) is 6.98. The normalized spacial score (nSPS) is 13.0. The number of thioether (sulfide) groups is 1. The van der Waals surface area contributed by atoms with Gasteiger partial charge in [0.25, 0.3) is 5.91 Å². The molecule has 1 aliphatic heterocycles. The standard InChI is InChI=1S/C23H28N4O4S/c1-23(2,3)31-22(30)27(14-16-6-4-9-24-13-16)11-5-10-25-21(29)17-7-8-19-18(12-17)26-20(28)15-32-19/h4,6-9,12-13H,5,10-11,14-15H2,1-3H3,(H,25,29)(H,26,28). The molecule has 0 saturated carbocycles. The number of ether oxygens (including phenoxy) is 1. The summed E-state index contributed by atoms with van der Waals surface area (Å²) in [7, 11) is 0. The molecular weight excluding hydrogens is 428 g/mol. The van der Waals surface area contributed by atoms with Crippen LogP contribution in [0.25, 0.3) is 0 Å². The zero-order valence-corrected chi connectivity index (χ0v) is 19.3. The molecule has 0 aliphatic carbocycles. The molecule has 1 aliphatic rings. The molecule has 0 unspecified atom stereocenters. The van der Waals surface area contributed by atoms with Crippen LogP contribution >= 0.6 is 11.8 Å². The minimum atomic E-state index is -0.599. The minimum Gasteiger partial charge on any atom is -0.444 e. The van der Waals surface area contributed by atoms with Crippen LogP contribution in [-0.4, -0.2) is 52.2 Å². The Morgan fingerprint density at radius 3 is 2.81 bits per heavy atom. The van der Waals surface area contributed by atoms with Gasteiger partial charge in [-0.2, -0.15) is 0 Å². The fourth-order valence-electron chi connectivity index (χ4n) is 3.07. The Morgan fingerprint density at radius 1 is 1.28 bits per heavy atom. The van der Waals surface area contributed by atoms with Crippen molar-refractivity contribution in [2.24, 2.45) is 0 Å². The highest BCUT2D eigenvalue weighted by atomic mass is 32.2. The number of rotatable bonds is 7. The lowest BCUT2D eigenvalue weighted by Crippen LogP contribution is -2.38. The highest BCUT2D eigenvalue weighted by Crippen LogP contribution is 2.31. The molecule has 2 heterocycles. The van der Waals surface area contributed by atoms with Gasteiger partial charge in [-0.25, -0.2) is 4.79 Å². The van der Waals surface area contributed by atoms with E-state index in [0.29, 0.717) is 43.1 Å². The molecule has 0 bridgehead atoms. The Balaban J connectivity index is 1.54. The van der Waals surface area contributed by atoms with Gasteiger partial charge in [-0.3, -0.25) is 14.6 Å². The molecule has 0 atom stereocenters. The molecule has 0 saturated heterocycles. The van der Waals surface area contributed by atoms with Gasteiger partial charge in [-0.15, -0.1) is 11.8 Å². The first-order valence-corrected chi connectivity index (χ1v) is 11.4. The molecule has 0 radical (unpaired) electrons. The van der Waals surface area contributed by atoms with Crippen molar-refractivity contribution >= 4 is 35.4 Å². The van der Waals surface area contributed by atoms with Gasteiger partial charge in [-0.1, -0.05) is 6.07 Å². The first kappa shape index (κ1) is 23.6.